The van der Waals surface area contributed by atoms with Gasteiger partial charge < -0.3 is 4.74 Å². The summed E-state index contributed by atoms with van der Waals surface area (Å²) < 4.78 is 58.0. The molecule has 2 aromatic rings. The second-order valence-corrected chi connectivity index (χ2v) is 11.2. The zero-order chi connectivity index (χ0) is 24.1. The highest BCUT2D eigenvalue weighted by Crippen LogP contribution is 2.34. The molecule has 0 aliphatic carbocycles. The quantitative estimate of drug-likeness (QED) is 0.379. The summed E-state index contributed by atoms with van der Waals surface area (Å²) in [6.45, 7) is 3.31. The van der Waals surface area contributed by atoms with Gasteiger partial charge in [-0.15, -0.1) is 0 Å². The molecule has 0 saturated carbocycles. The third-order valence-electron chi connectivity index (χ3n) is 4.86. The summed E-state index contributed by atoms with van der Waals surface area (Å²) >= 11 is 0. The van der Waals surface area contributed by atoms with Gasteiger partial charge in [0, 0.05) is 19.1 Å². The lowest BCUT2D eigenvalue weighted by Crippen LogP contribution is -2.38. The molecule has 0 N–H and O–H groups in total. The highest BCUT2D eigenvalue weighted by Gasteiger charge is 2.37. The predicted molar refractivity (Wildman–Crippen MR) is 121 cm³/mol. The van der Waals surface area contributed by atoms with E-state index in [0.717, 1.165) is 11.8 Å². The van der Waals surface area contributed by atoms with Crippen LogP contribution in [0, 0.1) is 25.2 Å². The molecule has 0 radical (unpaired) electrons. The number of methoxy groups -OCH3 is 1. The molecule has 0 aliphatic rings. The van der Waals surface area contributed by atoms with Crippen LogP contribution in [0.4, 0.5) is 5.69 Å². The van der Waals surface area contributed by atoms with E-state index >= 15 is 0 Å². The van der Waals surface area contributed by atoms with Crippen LogP contribution in [0.3, 0.4) is 0 Å². The molecule has 0 fully saturated rings. The Labute approximate surface area is 189 Å². The maximum Gasteiger partial charge on any atom is 0.277 e. The molecule has 0 bridgehead atoms. The minimum absolute atomic E-state index is 0.0880. The summed E-state index contributed by atoms with van der Waals surface area (Å²) in [7, 11) is -7.57. The summed E-state index contributed by atoms with van der Waals surface area (Å²) in [5, 5.41) is 8.75. The van der Waals surface area contributed by atoms with Crippen molar-refractivity contribution in [3.05, 3.63) is 59.2 Å². The van der Waals surface area contributed by atoms with E-state index in [0.29, 0.717) is 15.7 Å². The third-order valence-corrected chi connectivity index (χ3v) is 8.53. The van der Waals surface area contributed by atoms with E-state index in [-0.39, 0.29) is 29.0 Å². The van der Waals surface area contributed by atoms with Gasteiger partial charge in [0.25, 0.3) is 10.0 Å². The number of hydrogen-bond acceptors (Lipinski definition) is 7. The highest BCUT2D eigenvalue weighted by molar-refractivity contribution is 8.10. The second kappa shape index (κ2) is 10.3. The van der Waals surface area contributed by atoms with E-state index < -0.39 is 31.9 Å². The number of ketones is 1. The largest absolute Gasteiger partial charge is 0.373 e. The maximum atomic E-state index is 13.4. The number of sulfonamides is 2. The number of carbonyl (C=O) groups excluding carboxylic acids is 1. The predicted octanol–water partition coefficient (Wildman–Crippen LogP) is 3.35. The van der Waals surface area contributed by atoms with E-state index in [1.54, 1.807) is 25.1 Å². The molecule has 0 spiro atoms. The van der Waals surface area contributed by atoms with Crippen LogP contribution >= 0.6 is 0 Å². The standard InChI is InChI=1S/C22H26N2O6S2/c1-16-11-13-18(14-12-16)32(28,29)24(31(4,26)27)21-17(2)8-7-9-19(21)22(25)20(30-3)10-5-6-15-23/h7-9,11-14,20H,5-6,10H2,1-4H3. The smallest absolute Gasteiger partial charge is 0.277 e. The molecular formula is C22H26N2O6S2. The molecule has 8 nitrogen and oxygen atoms in total. The summed E-state index contributed by atoms with van der Waals surface area (Å²) in [5.41, 5.74) is 0.781. The number of unbranched alkanes of at least 4 members (excludes halogenated alkanes) is 1. The van der Waals surface area contributed by atoms with Gasteiger partial charge in [0.1, 0.15) is 6.10 Å². The molecular weight excluding hydrogens is 452 g/mol. The van der Waals surface area contributed by atoms with Crippen molar-refractivity contribution in [2.75, 3.05) is 17.1 Å². The van der Waals surface area contributed by atoms with E-state index in [1.165, 1.54) is 38.3 Å². The zero-order valence-electron chi connectivity index (χ0n) is 18.4. The lowest BCUT2D eigenvalue weighted by Gasteiger charge is -2.27. The van der Waals surface area contributed by atoms with Gasteiger partial charge in [-0.25, -0.2) is 16.8 Å². The monoisotopic (exact) mass is 478 g/mol. The topological polar surface area (TPSA) is 122 Å². The number of aryl methyl sites for hydroxylation is 2. The fourth-order valence-electron chi connectivity index (χ4n) is 3.27. The number of nitrogens with zero attached hydrogens (tertiary/aromatic N) is 2. The van der Waals surface area contributed by atoms with E-state index in [4.69, 9.17) is 10.00 Å². The number of Topliss-reactive ketones (excluding diaryl/α,β-unsaturated/α-hetero) is 1. The SMILES string of the molecule is COC(CCCC#N)C(=O)c1cccc(C)c1N(S(C)(=O)=O)S(=O)(=O)c1ccc(C)cc1. The number of hydrogen-bond donors (Lipinski definition) is 0. The van der Waals surface area contributed by atoms with Crippen LogP contribution in [0.15, 0.2) is 47.4 Å². The van der Waals surface area contributed by atoms with E-state index in [1.807, 2.05) is 6.07 Å². The Balaban J connectivity index is 2.71. The van der Waals surface area contributed by atoms with Gasteiger partial charge in [-0.05, 0) is 50.5 Å². The van der Waals surface area contributed by atoms with Crippen LogP contribution < -0.4 is 3.71 Å². The molecule has 0 amide bonds. The van der Waals surface area contributed by atoms with Crippen LogP contribution in [0.2, 0.25) is 0 Å². The average Bonchev–Trinajstić information content (AvgIpc) is 2.71. The number of anilines is 1. The van der Waals surface area contributed by atoms with Gasteiger partial charge >= 0.3 is 0 Å². The number of benzene rings is 2. The van der Waals surface area contributed by atoms with Crippen molar-refractivity contribution >= 4 is 31.5 Å². The van der Waals surface area contributed by atoms with Gasteiger partial charge in [0.05, 0.1) is 22.9 Å². The van der Waals surface area contributed by atoms with Gasteiger partial charge in [-0.3, -0.25) is 4.79 Å². The first-order valence-electron chi connectivity index (χ1n) is 9.81. The summed E-state index contributed by atoms with van der Waals surface area (Å²) in [6.07, 6.45) is 0.692. The molecule has 0 aromatic heterocycles. The first-order chi connectivity index (χ1) is 14.9. The average molecular weight is 479 g/mol. The van der Waals surface area contributed by atoms with Gasteiger partial charge in [0.15, 0.2) is 5.78 Å². The molecule has 0 heterocycles. The Kier molecular flexibility index (Phi) is 8.18. The molecule has 2 rings (SSSR count). The lowest BCUT2D eigenvalue weighted by molar-refractivity contribution is 0.0576. The van der Waals surface area contributed by atoms with Crippen molar-refractivity contribution in [1.29, 1.82) is 5.26 Å². The summed E-state index contributed by atoms with van der Waals surface area (Å²) in [5.74, 6) is -0.558. The molecule has 1 unspecified atom stereocenters. The van der Waals surface area contributed by atoms with Gasteiger partial charge in [-0.1, -0.05) is 29.8 Å². The Morgan fingerprint density at radius 1 is 1.09 bits per heavy atom. The summed E-state index contributed by atoms with van der Waals surface area (Å²) in [4.78, 5) is 13.0. The Bertz CT molecular complexity index is 1230. The Morgan fingerprint density at radius 2 is 1.72 bits per heavy atom. The van der Waals surface area contributed by atoms with Crippen molar-refractivity contribution in [1.82, 2.24) is 0 Å². The van der Waals surface area contributed by atoms with Gasteiger partial charge in [0.2, 0.25) is 10.0 Å². The van der Waals surface area contributed by atoms with Crippen molar-refractivity contribution in [2.45, 2.75) is 44.1 Å². The maximum absolute atomic E-state index is 13.4. The fraction of sp³-hybridized carbons (Fsp3) is 0.364. The van der Waals surface area contributed by atoms with Crippen LogP contribution in [0.1, 0.15) is 40.7 Å². The number of ether oxygens (including phenoxy) is 1. The molecule has 172 valence electrons. The third kappa shape index (κ3) is 5.54. The first kappa shape index (κ1) is 25.5. The number of rotatable bonds is 10. The molecule has 2 aromatic carbocycles. The minimum atomic E-state index is -4.55. The van der Waals surface area contributed by atoms with E-state index in [2.05, 4.69) is 0 Å². The molecule has 32 heavy (non-hydrogen) atoms. The first-order valence-corrected chi connectivity index (χ1v) is 13.1. The van der Waals surface area contributed by atoms with Crippen molar-refractivity contribution in [2.24, 2.45) is 0 Å². The molecule has 10 heteroatoms. The Hall–Kier alpha value is -2.74. The van der Waals surface area contributed by atoms with Crippen molar-refractivity contribution in [3.63, 3.8) is 0 Å². The minimum Gasteiger partial charge on any atom is -0.373 e. The highest BCUT2D eigenvalue weighted by atomic mass is 32.3. The second-order valence-electron chi connectivity index (χ2n) is 7.39. The normalized spacial score (nSPS) is 12.7. The fourth-order valence-corrected chi connectivity index (χ4v) is 6.68. The number of para-hydroxylation sites is 1. The van der Waals surface area contributed by atoms with Crippen molar-refractivity contribution in [3.8, 4) is 6.07 Å². The zero-order valence-corrected chi connectivity index (χ0v) is 20.0. The lowest BCUT2D eigenvalue weighted by atomic mass is 9.98. The van der Waals surface area contributed by atoms with E-state index in [9.17, 15) is 21.6 Å². The van der Waals surface area contributed by atoms with Crippen LogP contribution in [0.25, 0.3) is 0 Å². The van der Waals surface area contributed by atoms with Crippen LogP contribution in [0.5, 0.6) is 0 Å². The van der Waals surface area contributed by atoms with Crippen LogP contribution in [-0.2, 0) is 24.8 Å². The van der Waals surface area contributed by atoms with Crippen molar-refractivity contribution < 1.29 is 26.4 Å². The Morgan fingerprint density at radius 3 is 2.25 bits per heavy atom. The molecule has 0 saturated heterocycles. The van der Waals surface area contributed by atoms with Gasteiger partial charge in [-0.2, -0.15) is 8.97 Å². The van der Waals surface area contributed by atoms with Crippen LogP contribution in [-0.4, -0.2) is 42.1 Å². The molecule has 1 atom stereocenters. The summed E-state index contributed by atoms with van der Waals surface area (Å²) in [6, 6.07) is 12.2. The molecule has 0 aliphatic heterocycles. The number of carbonyl (C=O) groups is 1. The number of nitriles is 1.